The molecule has 0 radical (unpaired) electrons. The molecule has 17 heavy (non-hydrogen) atoms. The van der Waals surface area contributed by atoms with Crippen LogP contribution in [0.4, 0.5) is 0 Å². The fraction of sp³-hybridized carbons (Fsp3) is 0.500. The lowest BCUT2D eigenvalue weighted by Gasteiger charge is -2.17. The number of benzene rings is 1. The molecule has 1 aliphatic carbocycles. The first kappa shape index (κ1) is 12.9. The van der Waals surface area contributed by atoms with Crippen molar-refractivity contribution in [1.82, 2.24) is 5.32 Å². The molecule has 1 N–H and O–H groups in total. The zero-order chi connectivity index (χ0) is 12.3. The summed E-state index contributed by atoms with van der Waals surface area (Å²) in [6.07, 6.45) is 4.53. The zero-order valence-electron chi connectivity index (χ0n) is 10.1. The molecule has 0 saturated heterocycles. The van der Waals surface area contributed by atoms with E-state index in [-0.39, 0.29) is 17.9 Å². The Morgan fingerprint density at radius 2 is 1.88 bits per heavy atom. The van der Waals surface area contributed by atoms with Gasteiger partial charge in [-0.05, 0) is 60.1 Å². The summed E-state index contributed by atoms with van der Waals surface area (Å²) in [5.74, 6) is 0.481. The molecule has 0 unspecified atom stereocenters. The van der Waals surface area contributed by atoms with Crippen LogP contribution in [0.5, 0.6) is 0 Å². The molecular weight excluding hydrogens is 325 g/mol. The number of nitrogens with one attached hydrogen (secondary N) is 1. The Labute approximate surface area is 116 Å². The van der Waals surface area contributed by atoms with Crippen molar-refractivity contribution >= 4 is 28.5 Å². The van der Waals surface area contributed by atoms with Gasteiger partial charge in [0.25, 0.3) is 0 Å². The molecular formula is C14H18INO. The predicted molar refractivity (Wildman–Crippen MR) is 77.7 cm³/mol. The van der Waals surface area contributed by atoms with Crippen LogP contribution in [0.25, 0.3) is 0 Å². The van der Waals surface area contributed by atoms with E-state index >= 15 is 0 Å². The van der Waals surface area contributed by atoms with Crippen molar-refractivity contribution in [2.45, 2.75) is 38.6 Å². The predicted octanol–water partition coefficient (Wildman–Crippen LogP) is 3.66. The Morgan fingerprint density at radius 1 is 1.29 bits per heavy atom. The van der Waals surface area contributed by atoms with Crippen molar-refractivity contribution < 1.29 is 4.79 Å². The van der Waals surface area contributed by atoms with Gasteiger partial charge in [-0.1, -0.05) is 25.0 Å². The first-order valence-electron chi connectivity index (χ1n) is 6.22. The summed E-state index contributed by atoms with van der Waals surface area (Å²) in [7, 11) is 0. The minimum absolute atomic E-state index is 0.111. The average Bonchev–Trinajstić information content (AvgIpc) is 2.83. The summed E-state index contributed by atoms with van der Waals surface area (Å²) in [6.45, 7) is 2.05. The van der Waals surface area contributed by atoms with Gasteiger partial charge < -0.3 is 5.32 Å². The van der Waals surface area contributed by atoms with Gasteiger partial charge in [0.15, 0.2) is 0 Å². The Hall–Kier alpha value is -0.580. The number of carbonyl (C=O) groups excluding carboxylic acids is 1. The van der Waals surface area contributed by atoms with E-state index in [4.69, 9.17) is 0 Å². The molecule has 3 heteroatoms. The van der Waals surface area contributed by atoms with Gasteiger partial charge in [-0.15, -0.1) is 0 Å². The minimum Gasteiger partial charge on any atom is -0.349 e. The smallest absolute Gasteiger partial charge is 0.223 e. The third kappa shape index (κ3) is 3.44. The van der Waals surface area contributed by atoms with E-state index in [1.165, 1.54) is 22.0 Å². The number of carbonyl (C=O) groups is 1. The third-order valence-electron chi connectivity index (χ3n) is 3.45. The van der Waals surface area contributed by atoms with E-state index in [1.807, 2.05) is 0 Å². The summed E-state index contributed by atoms with van der Waals surface area (Å²) in [4.78, 5) is 12.0. The molecule has 1 aromatic carbocycles. The molecule has 0 heterocycles. The van der Waals surface area contributed by atoms with Gasteiger partial charge >= 0.3 is 0 Å². The second-order valence-corrected chi connectivity index (χ2v) is 6.01. The van der Waals surface area contributed by atoms with Gasteiger partial charge in [0.2, 0.25) is 5.91 Å². The first-order valence-corrected chi connectivity index (χ1v) is 7.30. The summed E-state index contributed by atoms with van der Waals surface area (Å²) in [6, 6.07) is 8.44. The maximum Gasteiger partial charge on any atom is 0.223 e. The van der Waals surface area contributed by atoms with E-state index in [0.29, 0.717) is 0 Å². The summed E-state index contributed by atoms with van der Waals surface area (Å²) < 4.78 is 1.22. The molecule has 92 valence electrons. The van der Waals surface area contributed by atoms with Crippen molar-refractivity contribution in [1.29, 1.82) is 0 Å². The lowest BCUT2D eigenvalue weighted by molar-refractivity contribution is -0.125. The number of amides is 1. The maximum atomic E-state index is 12.0. The van der Waals surface area contributed by atoms with Gasteiger partial charge in [-0.25, -0.2) is 0 Å². The van der Waals surface area contributed by atoms with E-state index in [2.05, 4.69) is 59.1 Å². The fourth-order valence-corrected chi connectivity index (χ4v) is 2.71. The molecule has 0 aromatic heterocycles. The normalized spacial score (nSPS) is 18.0. The van der Waals surface area contributed by atoms with Gasteiger partial charge in [-0.3, -0.25) is 4.79 Å². The van der Waals surface area contributed by atoms with E-state index in [0.717, 1.165) is 12.8 Å². The van der Waals surface area contributed by atoms with Gasteiger partial charge in [0.05, 0.1) is 6.04 Å². The van der Waals surface area contributed by atoms with Crippen LogP contribution in [0, 0.1) is 9.49 Å². The van der Waals surface area contributed by atoms with Crippen LogP contribution in [0.2, 0.25) is 0 Å². The quantitative estimate of drug-likeness (QED) is 0.834. The van der Waals surface area contributed by atoms with Crippen LogP contribution in [-0.2, 0) is 4.79 Å². The molecule has 0 aliphatic heterocycles. The second-order valence-electron chi connectivity index (χ2n) is 4.76. The lowest BCUT2D eigenvalue weighted by atomic mass is 10.0. The molecule has 1 saturated carbocycles. The van der Waals surface area contributed by atoms with Gasteiger partial charge in [-0.2, -0.15) is 0 Å². The fourth-order valence-electron chi connectivity index (χ4n) is 2.35. The molecule has 1 fully saturated rings. The molecule has 0 bridgehead atoms. The monoisotopic (exact) mass is 343 g/mol. The van der Waals surface area contributed by atoms with Crippen LogP contribution in [0.3, 0.4) is 0 Å². The highest BCUT2D eigenvalue weighted by atomic mass is 127. The molecule has 1 amide bonds. The third-order valence-corrected chi connectivity index (χ3v) is 4.17. The van der Waals surface area contributed by atoms with E-state index in [1.54, 1.807) is 0 Å². The molecule has 2 nitrogen and oxygen atoms in total. The second kappa shape index (κ2) is 5.85. The highest BCUT2D eigenvalue weighted by Gasteiger charge is 2.23. The molecule has 0 spiro atoms. The average molecular weight is 343 g/mol. The van der Waals surface area contributed by atoms with Crippen LogP contribution >= 0.6 is 22.6 Å². The molecule has 1 aliphatic rings. The number of hydrogen-bond donors (Lipinski definition) is 1. The van der Waals surface area contributed by atoms with Crippen molar-refractivity contribution in [2.75, 3.05) is 0 Å². The van der Waals surface area contributed by atoms with E-state index in [9.17, 15) is 4.79 Å². The molecule has 1 atom stereocenters. The summed E-state index contributed by atoms with van der Waals surface area (Å²) in [5.41, 5.74) is 1.18. The van der Waals surface area contributed by atoms with Crippen LogP contribution in [0.1, 0.15) is 44.2 Å². The standard InChI is InChI=1S/C14H18INO/c1-10(11-6-8-13(15)9-7-11)16-14(17)12-4-2-3-5-12/h6-10,12H,2-5H2,1H3,(H,16,17)/t10-/m1/s1. The number of rotatable bonds is 3. The minimum atomic E-state index is 0.111. The highest BCUT2D eigenvalue weighted by molar-refractivity contribution is 14.1. The molecule has 2 rings (SSSR count). The Morgan fingerprint density at radius 3 is 2.47 bits per heavy atom. The van der Waals surface area contributed by atoms with Crippen LogP contribution < -0.4 is 5.32 Å². The summed E-state index contributed by atoms with van der Waals surface area (Å²) in [5, 5.41) is 3.12. The van der Waals surface area contributed by atoms with Crippen molar-refractivity contribution in [3.63, 3.8) is 0 Å². The topological polar surface area (TPSA) is 29.1 Å². The Kier molecular flexibility index (Phi) is 4.42. The number of hydrogen-bond acceptors (Lipinski definition) is 1. The van der Waals surface area contributed by atoms with Crippen molar-refractivity contribution in [2.24, 2.45) is 5.92 Å². The Balaban J connectivity index is 1.93. The van der Waals surface area contributed by atoms with Crippen LogP contribution in [-0.4, -0.2) is 5.91 Å². The maximum absolute atomic E-state index is 12.0. The van der Waals surface area contributed by atoms with E-state index < -0.39 is 0 Å². The zero-order valence-corrected chi connectivity index (χ0v) is 12.2. The number of halogens is 1. The highest BCUT2D eigenvalue weighted by Crippen LogP contribution is 2.25. The van der Waals surface area contributed by atoms with Crippen molar-refractivity contribution in [3.05, 3.63) is 33.4 Å². The lowest BCUT2D eigenvalue weighted by Crippen LogP contribution is -2.31. The molecule has 1 aromatic rings. The SMILES string of the molecule is C[C@@H](NC(=O)C1CCCC1)c1ccc(I)cc1. The van der Waals surface area contributed by atoms with Crippen molar-refractivity contribution in [3.8, 4) is 0 Å². The van der Waals surface area contributed by atoms with Gasteiger partial charge in [0.1, 0.15) is 0 Å². The Bertz CT molecular complexity index is 382. The van der Waals surface area contributed by atoms with Crippen LogP contribution in [0.15, 0.2) is 24.3 Å². The largest absolute Gasteiger partial charge is 0.349 e. The summed E-state index contributed by atoms with van der Waals surface area (Å²) >= 11 is 2.29. The van der Waals surface area contributed by atoms with Gasteiger partial charge in [0, 0.05) is 9.49 Å². The first-order chi connectivity index (χ1) is 8.16.